The van der Waals surface area contributed by atoms with Crippen molar-refractivity contribution in [2.45, 2.75) is 6.92 Å². The van der Waals surface area contributed by atoms with Gasteiger partial charge in [-0.05, 0) is 55.2 Å². The Labute approximate surface area is 164 Å². The molecule has 5 nitrogen and oxygen atoms in total. The van der Waals surface area contributed by atoms with E-state index in [1.54, 1.807) is 6.07 Å². The summed E-state index contributed by atoms with van der Waals surface area (Å²) in [4.78, 5) is 16.9. The van der Waals surface area contributed by atoms with Crippen molar-refractivity contribution < 1.29 is 9.18 Å². The van der Waals surface area contributed by atoms with Gasteiger partial charge in [0.15, 0.2) is 5.11 Å². The number of carbonyl (C=O) groups is 1. The van der Waals surface area contributed by atoms with E-state index in [0.717, 1.165) is 44.1 Å². The van der Waals surface area contributed by atoms with Crippen molar-refractivity contribution in [2.24, 2.45) is 0 Å². The van der Waals surface area contributed by atoms with Crippen LogP contribution in [0.25, 0.3) is 0 Å². The van der Waals surface area contributed by atoms with E-state index < -0.39 is 11.7 Å². The van der Waals surface area contributed by atoms with Crippen LogP contribution in [0.1, 0.15) is 17.3 Å². The van der Waals surface area contributed by atoms with Crippen LogP contribution in [0.4, 0.5) is 15.8 Å². The van der Waals surface area contributed by atoms with Crippen molar-refractivity contribution in [1.29, 1.82) is 0 Å². The molecule has 0 unspecified atom stereocenters. The number of nitrogens with one attached hydrogen (secondary N) is 2. The molecular formula is C20H23FN4OS. The summed E-state index contributed by atoms with van der Waals surface area (Å²) in [6, 6.07) is 13.7. The third-order valence-corrected chi connectivity index (χ3v) is 4.86. The standard InChI is InChI=1S/C20H23FN4OS/c1-2-24-11-13-25(14-12-24)16-9-7-15(8-10-16)22-20(27)23-19(26)17-5-3-4-6-18(17)21/h3-10H,2,11-14H2,1H3,(H2,22,23,26,27). The largest absolute Gasteiger partial charge is 0.369 e. The van der Waals surface area contributed by atoms with Crippen LogP contribution in [0.5, 0.6) is 0 Å². The first kappa shape index (κ1) is 19.3. The minimum absolute atomic E-state index is 0.0387. The van der Waals surface area contributed by atoms with Gasteiger partial charge in [0.05, 0.1) is 5.56 Å². The molecule has 7 heteroatoms. The molecule has 2 aromatic carbocycles. The molecule has 0 bridgehead atoms. The Hall–Kier alpha value is -2.51. The highest BCUT2D eigenvalue weighted by molar-refractivity contribution is 7.80. The van der Waals surface area contributed by atoms with Gasteiger partial charge in [-0.1, -0.05) is 19.1 Å². The molecule has 2 aromatic rings. The maximum atomic E-state index is 13.7. The molecule has 1 heterocycles. The van der Waals surface area contributed by atoms with E-state index in [2.05, 4.69) is 27.4 Å². The average Bonchev–Trinajstić information content (AvgIpc) is 2.69. The van der Waals surface area contributed by atoms with Crippen LogP contribution >= 0.6 is 12.2 Å². The van der Waals surface area contributed by atoms with E-state index >= 15 is 0 Å². The van der Waals surface area contributed by atoms with Crippen molar-refractivity contribution in [3.63, 3.8) is 0 Å². The van der Waals surface area contributed by atoms with E-state index in [-0.39, 0.29) is 10.7 Å². The van der Waals surface area contributed by atoms with Crippen molar-refractivity contribution in [3.8, 4) is 0 Å². The van der Waals surface area contributed by atoms with Gasteiger partial charge in [-0.15, -0.1) is 0 Å². The maximum Gasteiger partial charge on any atom is 0.260 e. The van der Waals surface area contributed by atoms with Crippen LogP contribution < -0.4 is 15.5 Å². The molecule has 1 fully saturated rings. The van der Waals surface area contributed by atoms with Crippen molar-refractivity contribution in [1.82, 2.24) is 10.2 Å². The van der Waals surface area contributed by atoms with Gasteiger partial charge < -0.3 is 15.1 Å². The summed E-state index contributed by atoms with van der Waals surface area (Å²) >= 11 is 5.16. The summed E-state index contributed by atoms with van der Waals surface area (Å²) in [6.45, 7) is 7.44. The van der Waals surface area contributed by atoms with E-state index in [1.807, 2.05) is 24.3 Å². The van der Waals surface area contributed by atoms with Crippen molar-refractivity contribution in [2.75, 3.05) is 42.9 Å². The second-order valence-corrected chi connectivity index (χ2v) is 6.76. The summed E-state index contributed by atoms with van der Waals surface area (Å²) in [5.74, 6) is -1.15. The van der Waals surface area contributed by atoms with Gasteiger partial charge in [-0.25, -0.2) is 4.39 Å². The number of likely N-dealkylation sites (N-methyl/N-ethyl adjacent to an activating group) is 1. The fourth-order valence-electron chi connectivity index (χ4n) is 3.06. The Balaban J connectivity index is 1.54. The molecule has 3 rings (SSSR count). The zero-order valence-corrected chi connectivity index (χ0v) is 16.1. The molecular weight excluding hydrogens is 363 g/mol. The molecule has 0 radical (unpaired) electrons. The number of hydrogen-bond acceptors (Lipinski definition) is 4. The van der Waals surface area contributed by atoms with E-state index in [0.29, 0.717) is 0 Å². The Bertz CT molecular complexity index is 804. The highest BCUT2D eigenvalue weighted by Gasteiger charge is 2.16. The van der Waals surface area contributed by atoms with Crippen molar-refractivity contribution in [3.05, 3.63) is 59.9 Å². The molecule has 0 atom stereocenters. The average molecular weight is 386 g/mol. The number of amides is 1. The van der Waals surface area contributed by atoms with Gasteiger partial charge in [-0.3, -0.25) is 10.1 Å². The van der Waals surface area contributed by atoms with Crippen LogP contribution in [-0.4, -0.2) is 48.6 Å². The van der Waals surface area contributed by atoms with Gasteiger partial charge in [-0.2, -0.15) is 0 Å². The van der Waals surface area contributed by atoms with E-state index in [4.69, 9.17) is 12.2 Å². The third kappa shape index (κ3) is 5.02. The lowest BCUT2D eigenvalue weighted by molar-refractivity contribution is 0.0974. The quantitative estimate of drug-likeness (QED) is 0.791. The van der Waals surface area contributed by atoms with Crippen LogP contribution in [0.2, 0.25) is 0 Å². The predicted molar refractivity (Wildman–Crippen MR) is 111 cm³/mol. The summed E-state index contributed by atoms with van der Waals surface area (Å²) in [5.41, 5.74) is 1.89. The molecule has 1 aliphatic rings. The molecule has 142 valence electrons. The first-order chi connectivity index (χ1) is 13.1. The lowest BCUT2D eigenvalue weighted by Gasteiger charge is -2.35. The fraction of sp³-hybridized carbons (Fsp3) is 0.300. The Kier molecular flexibility index (Phi) is 6.36. The lowest BCUT2D eigenvalue weighted by atomic mass is 10.2. The Morgan fingerprint density at radius 1 is 1.07 bits per heavy atom. The minimum atomic E-state index is -0.578. The molecule has 0 saturated carbocycles. The summed E-state index contributed by atoms with van der Waals surface area (Å²) in [5, 5.41) is 5.59. The summed E-state index contributed by atoms with van der Waals surface area (Å²) in [7, 11) is 0. The van der Waals surface area contributed by atoms with Gasteiger partial charge >= 0.3 is 0 Å². The molecule has 0 aliphatic carbocycles. The number of anilines is 2. The molecule has 1 aliphatic heterocycles. The lowest BCUT2D eigenvalue weighted by Crippen LogP contribution is -2.46. The normalized spacial score (nSPS) is 14.7. The molecule has 27 heavy (non-hydrogen) atoms. The molecule has 0 aromatic heterocycles. The highest BCUT2D eigenvalue weighted by atomic mass is 32.1. The zero-order valence-electron chi connectivity index (χ0n) is 15.2. The maximum absolute atomic E-state index is 13.7. The number of thiocarbonyl (C=S) groups is 1. The number of piperazine rings is 1. The molecule has 1 saturated heterocycles. The smallest absolute Gasteiger partial charge is 0.260 e. The Morgan fingerprint density at radius 3 is 2.37 bits per heavy atom. The molecule has 2 N–H and O–H groups in total. The number of hydrogen-bond donors (Lipinski definition) is 2. The van der Waals surface area contributed by atoms with Crippen molar-refractivity contribution >= 4 is 34.6 Å². The van der Waals surface area contributed by atoms with E-state index in [9.17, 15) is 9.18 Å². The van der Waals surface area contributed by atoms with Crippen LogP contribution in [0.15, 0.2) is 48.5 Å². The second kappa shape index (κ2) is 8.92. The summed E-state index contributed by atoms with van der Waals surface area (Å²) < 4.78 is 13.7. The number of nitrogens with zero attached hydrogens (tertiary/aromatic N) is 2. The first-order valence-electron chi connectivity index (χ1n) is 9.01. The second-order valence-electron chi connectivity index (χ2n) is 6.36. The molecule has 0 spiro atoms. The van der Waals surface area contributed by atoms with Crippen LogP contribution in [0.3, 0.4) is 0 Å². The SMILES string of the molecule is CCN1CCN(c2ccc(NC(=S)NC(=O)c3ccccc3F)cc2)CC1. The number of benzene rings is 2. The van der Waals surface area contributed by atoms with Gasteiger partial charge in [0.25, 0.3) is 5.91 Å². The van der Waals surface area contributed by atoms with E-state index in [1.165, 1.54) is 18.2 Å². The highest BCUT2D eigenvalue weighted by Crippen LogP contribution is 2.19. The van der Waals surface area contributed by atoms with Gasteiger partial charge in [0.1, 0.15) is 5.82 Å². The monoisotopic (exact) mass is 386 g/mol. The van der Waals surface area contributed by atoms with Crippen LogP contribution in [0, 0.1) is 5.82 Å². The zero-order chi connectivity index (χ0) is 19.2. The number of halogens is 1. The minimum Gasteiger partial charge on any atom is -0.369 e. The third-order valence-electron chi connectivity index (χ3n) is 4.66. The number of rotatable bonds is 4. The van der Waals surface area contributed by atoms with Crippen LogP contribution in [-0.2, 0) is 0 Å². The Morgan fingerprint density at radius 2 is 1.74 bits per heavy atom. The topological polar surface area (TPSA) is 47.6 Å². The number of carbonyl (C=O) groups excluding carboxylic acids is 1. The van der Waals surface area contributed by atoms with Gasteiger partial charge in [0.2, 0.25) is 0 Å². The molecule has 1 amide bonds. The first-order valence-corrected chi connectivity index (χ1v) is 9.42. The fourth-order valence-corrected chi connectivity index (χ4v) is 3.27. The summed E-state index contributed by atoms with van der Waals surface area (Å²) in [6.07, 6.45) is 0. The van der Waals surface area contributed by atoms with Gasteiger partial charge in [0, 0.05) is 37.6 Å². The predicted octanol–water partition coefficient (Wildman–Crippen LogP) is 3.09.